The van der Waals surface area contributed by atoms with Crippen molar-refractivity contribution in [2.75, 3.05) is 0 Å². The zero-order valence-electron chi connectivity index (χ0n) is 9.57. The standard InChI is InChI=1S/C15H12O2/c1-9-8-12-5-3-10-2-4-11-6-7-16-14(11)13(10)15(12)17-9/h2-7,9H,8H2,1H3. The number of hydrogen-bond donors (Lipinski definition) is 0. The lowest BCUT2D eigenvalue weighted by molar-refractivity contribution is 0.257. The number of benzene rings is 2. The molecular formula is C15H12O2. The second-order valence-corrected chi connectivity index (χ2v) is 4.69. The second-order valence-electron chi connectivity index (χ2n) is 4.69. The monoisotopic (exact) mass is 224 g/mol. The van der Waals surface area contributed by atoms with E-state index in [0.717, 1.165) is 28.5 Å². The lowest BCUT2D eigenvalue weighted by atomic mass is 10.0. The van der Waals surface area contributed by atoms with Gasteiger partial charge in [0.15, 0.2) is 0 Å². The molecule has 2 aromatic carbocycles. The molecule has 2 heterocycles. The number of furan rings is 1. The van der Waals surface area contributed by atoms with Crippen LogP contribution in [0.3, 0.4) is 0 Å². The van der Waals surface area contributed by atoms with Gasteiger partial charge < -0.3 is 9.15 Å². The number of fused-ring (bicyclic) bond motifs is 5. The third-order valence-corrected chi connectivity index (χ3v) is 3.46. The summed E-state index contributed by atoms with van der Waals surface area (Å²) in [6.07, 6.45) is 2.99. The SMILES string of the molecule is CC1Cc2ccc3ccc4ccoc4c3c2O1. The molecule has 17 heavy (non-hydrogen) atoms. The van der Waals surface area contributed by atoms with Crippen LogP contribution in [0.15, 0.2) is 41.0 Å². The first-order chi connectivity index (χ1) is 8.33. The van der Waals surface area contributed by atoms with E-state index < -0.39 is 0 Å². The van der Waals surface area contributed by atoms with E-state index in [0.29, 0.717) is 0 Å². The van der Waals surface area contributed by atoms with Gasteiger partial charge in [0.25, 0.3) is 0 Å². The minimum Gasteiger partial charge on any atom is -0.489 e. The summed E-state index contributed by atoms with van der Waals surface area (Å²) in [5.74, 6) is 1.01. The third kappa shape index (κ3) is 1.15. The van der Waals surface area contributed by atoms with E-state index in [2.05, 4.69) is 31.2 Å². The van der Waals surface area contributed by atoms with E-state index in [1.807, 2.05) is 6.07 Å². The zero-order valence-corrected chi connectivity index (χ0v) is 9.57. The Morgan fingerprint density at radius 2 is 1.88 bits per heavy atom. The second kappa shape index (κ2) is 3.04. The zero-order chi connectivity index (χ0) is 11.4. The summed E-state index contributed by atoms with van der Waals surface area (Å²) < 4.78 is 11.5. The molecule has 1 unspecified atom stereocenters. The average molecular weight is 224 g/mol. The molecule has 1 aliphatic rings. The van der Waals surface area contributed by atoms with Crippen LogP contribution in [0.4, 0.5) is 0 Å². The topological polar surface area (TPSA) is 22.4 Å². The molecular weight excluding hydrogens is 212 g/mol. The maximum atomic E-state index is 5.94. The number of ether oxygens (including phenoxy) is 1. The van der Waals surface area contributed by atoms with Crippen molar-refractivity contribution in [1.29, 1.82) is 0 Å². The van der Waals surface area contributed by atoms with Crippen molar-refractivity contribution >= 4 is 21.7 Å². The van der Waals surface area contributed by atoms with E-state index in [9.17, 15) is 0 Å². The van der Waals surface area contributed by atoms with Gasteiger partial charge in [-0.1, -0.05) is 24.3 Å². The lowest BCUT2D eigenvalue weighted by Gasteiger charge is -2.07. The van der Waals surface area contributed by atoms with Gasteiger partial charge in [-0.3, -0.25) is 0 Å². The Morgan fingerprint density at radius 3 is 2.82 bits per heavy atom. The predicted octanol–water partition coefficient (Wildman–Crippen LogP) is 3.91. The largest absolute Gasteiger partial charge is 0.489 e. The smallest absolute Gasteiger partial charge is 0.145 e. The summed E-state index contributed by atoms with van der Waals surface area (Å²) in [6.45, 7) is 2.11. The molecule has 1 atom stereocenters. The molecule has 0 radical (unpaired) electrons. The van der Waals surface area contributed by atoms with Crippen molar-refractivity contribution < 1.29 is 9.15 Å². The number of hydrogen-bond acceptors (Lipinski definition) is 2. The summed E-state index contributed by atoms with van der Waals surface area (Å²) in [5, 5.41) is 3.43. The first-order valence-corrected chi connectivity index (χ1v) is 5.91. The highest BCUT2D eigenvalue weighted by Gasteiger charge is 2.22. The van der Waals surface area contributed by atoms with Crippen LogP contribution in [-0.4, -0.2) is 6.10 Å². The van der Waals surface area contributed by atoms with Gasteiger partial charge in [0, 0.05) is 11.8 Å². The molecule has 0 saturated carbocycles. The van der Waals surface area contributed by atoms with Crippen LogP contribution in [-0.2, 0) is 6.42 Å². The van der Waals surface area contributed by atoms with Crippen LogP contribution in [0.2, 0.25) is 0 Å². The van der Waals surface area contributed by atoms with Crippen LogP contribution >= 0.6 is 0 Å². The van der Waals surface area contributed by atoms with E-state index in [1.165, 1.54) is 10.9 Å². The molecule has 0 bridgehead atoms. The van der Waals surface area contributed by atoms with Crippen LogP contribution in [0, 0.1) is 0 Å². The quantitative estimate of drug-likeness (QED) is 0.577. The highest BCUT2D eigenvalue weighted by atomic mass is 16.5. The van der Waals surface area contributed by atoms with Crippen molar-refractivity contribution in [3.05, 3.63) is 42.2 Å². The van der Waals surface area contributed by atoms with Crippen molar-refractivity contribution in [2.45, 2.75) is 19.4 Å². The highest BCUT2D eigenvalue weighted by molar-refractivity contribution is 6.08. The van der Waals surface area contributed by atoms with Gasteiger partial charge >= 0.3 is 0 Å². The Bertz CT molecular complexity index is 724. The molecule has 0 fully saturated rings. The van der Waals surface area contributed by atoms with Crippen molar-refractivity contribution in [2.24, 2.45) is 0 Å². The van der Waals surface area contributed by atoms with Crippen LogP contribution < -0.4 is 4.74 Å². The molecule has 0 spiro atoms. The summed E-state index contributed by atoms with van der Waals surface area (Å²) >= 11 is 0. The molecule has 1 aromatic heterocycles. The molecule has 84 valence electrons. The van der Waals surface area contributed by atoms with Gasteiger partial charge in [-0.2, -0.15) is 0 Å². The third-order valence-electron chi connectivity index (χ3n) is 3.46. The van der Waals surface area contributed by atoms with Crippen LogP contribution in [0.25, 0.3) is 21.7 Å². The summed E-state index contributed by atoms with van der Waals surface area (Å²) in [5.41, 5.74) is 2.22. The van der Waals surface area contributed by atoms with Gasteiger partial charge in [-0.15, -0.1) is 0 Å². The Hall–Kier alpha value is -1.96. The Kier molecular flexibility index (Phi) is 1.63. The fourth-order valence-electron chi connectivity index (χ4n) is 2.70. The summed E-state index contributed by atoms with van der Waals surface area (Å²) in [4.78, 5) is 0. The minimum atomic E-state index is 0.265. The van der Waals surface area contributed by atoms with Gasteiger partial charge in [-0.25, -0.2) is 0 Å². The molecule has 0 aliphatic carbocycles. The maximum Gasteiger partial charge on any atom is 0.145 e. The number of rotatable bonds is 0. The minimum absolute atomic E-state index is 0.265. The van der Waals surface area contributed by atoms with Gasteiger partial charge in [0.2, 0.25) is 0 Å². The molecule has 4 rings (SSSR count). The van der Waals surface area contributed by atoms with E-state index in [1.54, 1.807) is 6.26 Å². The molecule has 0 saturated heterocycles. The van der Waals surface area contributed by atoms with Crippen molar-refractivity contribution in [1.82, 2.24) is 0 Å². The maximum absolute atomic E-state index is 5.94. The highest BCUT2D eigenvalue weighted by Crippen LogP contribution is 2.40. The first-order valence-electron chi connectivity index (χ1n) is 5.91. The molecule has 3 aromatic rings. The molecule has 0 amide bonds. The first kappa shape index (κ1) is 9.11. The van der Waals surface area contributed by atoms with E-state index in [4.69, 9.17) is 9.15 Å². The van der Waals surface area contributed by atoms with Gasteiger partial charge in [0.05, 0.1) is 11.6 Å². The summed E-state index contributed by atoms with van der Waals surface area (Å²) in [6, 6.07) is 10.5. The van der Waals surface area contributed by atoms with Crippen LogP contribution in [0.5, 0.6) is 5.75 Å². The fourth-order valence-corrected chi connectivity index (χ4v) is 2.70. The van der Waals surface area contributed by atoms with E-state index in [-0.39, 0.29) is 6.10 Å². The molecule has 2 heteroatoms. The Balaban J connectivity index is 2.21. The molecule has 2 nitrogen and oxygen atoms in total. The molecule has 1 aliphatic heterocycles. The summed E-state index contributed by atoms with van der Waals surface area (Å²) in [7, 11) is 0. The average Bonchev–Trinajstić information content (AvgIpc) is 2.92. The van der Waals surface area contributed by atoms with E-state index >= 15 is 0 Å². The normalized spacial score (nSPS) is 18.5. The van der Waals surface area contributed by atoms with Crippen molar-refractivity contribution in [3.63, 3.8) is 0 Å². The van der Waals surface area contributed by atoms with Crippen LogP contribution in [0.1, 0.15) is 12.5 Å². The Morgan fingerprint density at radius 1 is 1.06 bits per heavy atom. The molecule has 0 N–H and O–H groups in total. The fraction of sp³-hybridized carbons (Fsp3) is 0.200. The Labute approximate surface area is 98.8 Å². The van der Waals surface area contributed by atoms with Crippen molar-refractivity contribution in [3.8, 4) is 5.75 Å². The predicted molar refractivity (Wildman–Crippen MR) is 67.5 cm³/mol. The van der Waals surface area contributed by atoms with Gasteiger partial charge in [-0.05, 0) is 23.9 Å². The lowest BCUT2D eigenvalue weighted by Crippen LogP contribution is -2.05. The van der Waals surface area contributed by atoms with Gasteiger partial charge in [0.1, 0.15) is 17.4 Å².